The number of nitrogens with two attached hydrogens (primary N) is 1. The van der Waals surface area contributed by atoms with Gasteiger partial charge >= 0.3 is 17.9 Å². The summed E-state index contributed by atoms with van der Waals surface area (Å²) in [6.45, 7) is 5.70. The topological polar surface area (TPSA) is 208 Å². The van der Waals surface area contributed by atoms with Gasteiger partial charge in [-0.2, -0.15) is 0 Å². The summed E-state index contributed by atoms with van der Waals surface area (Å²) >= 11 is 0. The lowest BCUT2D eigenvalue weighted by atomic mass is 9.89. The van der Waals surface area contributed by atoms with Crippen molar-refractivity contribution in [3.8, 4) is 0 Å². The van der Waals surface area contributed by atoms with Crippen molar-refractivity contribution in [2.75, 3.05) is 6.54 Å². The van der Waals surface area contributed by atoms with Crippen LogP contribution in [0.2, 0.25) is 0 Å². The Morgan fingerprint density at radius 2 is 1.44 bits per heavy atom. The fraction of sp³-hybridized carbons (Fsp3) is 0.880. The van der Waals surface area contributed by atoms with Gasteiger partial charge in [-0.15, -0.1) is 0 Å². The summed E-state index contributed by atoms with van der Waals surface area (Å²) in [6.07, 6.45) is -1.27. The molecule has 0 aromatic heterocycles. The van der Waals surface area contributed by atoms with Gasteiger partial charge in [-0.05, 0) is 31.1 Å². The smallest absolute Gasteiger partial charge is 0.307 e. The number of aliphatic hydroxyl groups is 4. The van der Waals surface area contributed by atoms with Crippen molar-refractivity contribution in [3.63, 3.8) is 0 Å². The van der Waals surface area contributed by atoms with E-state index in [9.17, 15) is 34.8 Å². The molecular formula is C25H47NO10. The van der Waals surface area contributed by atoms with Crippen molar-refractivity contribution in [1.29, 1.82) is 0 Å². The Morgan fingerprint density at radius 3 is 1.97 bits per heavy atom. The number of carboxylic acid groups (broad SMARTS) is 2. The Morgan fingerprint density at radius 1 is 0.833 bits per heavy atom. The Labute approximate surface area is 213 Å². The van der Waals surface area contributed by atoms with E-state index >= 15 is 0 Å². The highest BCUT2D eigenvalue weighted by atomic mass is 16.6. The third kappa shape index (κ3) is 14.7. The molecule has 8 atom stereocenters. The molecule has 0 spiro atoms. The van der Waals surface area contributed by atoms with Crippen molar-refractivity contribution < 1.29 is 49.8 Å². The van der Waals surface area contributed by atoms with Gasteiger partial charge in [0.05, 0.1) is 43.2 Å². The van der Waals surface area contributed by atoms with Gasteiger partial charge in [-0.3, -0.25) is 14.4 Å². The highest BCUT2D eigenvalue weighted by Crippen LogP contribution is 2.24. The minimum absolute atomic E-state index is 0.0260. The fourth-order valence-corrected chi connectivity index (χ4v) is 4.08. The number of carbonyl (C=O) groups excluding carboxylic acids is 1. The van der Waals surface area contributed by atoms with Gasteiger partial charge in [0.2, 0.25) is 0 Å². The SMILES string of the molecule is CC[C@@H](C)[C@@H](OC(=O)CC(CC(=O)O)C(=O)O)[C@@H](O)C[C@@H](C)CCCCC[C@@H](O)[C@@H](O)C[C@H](O)CN. The predicted octanol–water partition coefficient (Wildman–Crippen LogP) is 1.28. The normalized spacial score (nSPS) is 18.3. The molecular weight excluding hydrogens is 474 g/mol. The van der Waals surface area contributed by atoms with Crippen molar-refractivity contribution in [3.05, 3.63) is 0 Å². The van der Waals surface area contributed by atoms with Crippen molar-refractivity contribution in [2.24, 2.45) is 23.5 Å². The summed E-state index contributed by atoms with van der Waals surface area (Å²) in [7, 11) is 0. The van der Waals surface area contributed by atoms with Crippen LogP contribution in [0.15, 0.2) is 0 Å². The van der Waals surface area contributed by atoms with Crippen LogP contribution in [0.4, 0.5) is 0 Å². The number of aliphatic carboxylic acids is 2. The third-order valence-corrected chi connectivity index (χ3v) is 6.61. The molecule has 0 bridgehead atoms. The Bertz CT molecular complexity index is 646. The summed E-state index contributed by atoms with van der Waals surface area (Å²) in [5, 5.41) is 58.1. The standard InChI is InChI=1S/C25H47NO10/c1-4-16(3)24(36-23(33)12-17(25(34)35)11-22(31)32)21(30)10-15(2)8-6-5-7-9-19(28)20(29)13-18(27)14-26/h15-21,24,27-30H,4-14,26H2,1-3H3,(H,31,32)(H,34,35)/t15-,16+,17?,18-,19+,20-,21-,24+/m0/s1. The molecule has 36 heavy (non-hydrogen) atoms. The quantitative estimate of drug-likeness (QED) is 0.0845. The summed E-state index contributed by atoms with van der Waals surface area (Å²) in [4.78, 5) is 34.4. The van der Waals surface area contributed by atoms with Crippen LogP contribution in [0.3, 0.4) is 0 Å². The second-order valence-electron chi connectivity index (χ2n) is 9.98. The number of esters is 1. The molecule has 0 saturated heterocycles. The number of carbonyl (C=O) groups is 3. The van der Waals surface area contributed by atoms with Gasteiger partial charge in [0, 0.05) is 13.0 Å². The van der Waals surface area contributed by atoms with Crippen molar-refractivity contribution >= 4 is 17.9 Å². The number of aliphatic hydroxyl groups excluding tert-OH is 4. The first-order valence-corrected chi connectivity index (χ1v) is 12.9. The maximum atomic E-state index is 12.3. The van der Waals surface area contributed by atoms with Gasteiger partial charge in [0.25, 0.3) is 0 Å². The molecule has 0 fully saturated rings. The first kappa shape index (κ1) is 34.2. The summed E-state index contributed by atoms with van der Waals surface area (Å²) < 4.78 is 5.43. The minimum Gasteiger partial charge on any atom is -0.481 e. The lowest BCUT2D eigenvalue weighted by Gasteiger charge is -2.30. The highest BCUT2D eigenvalue weighted by molar-refractivity contribution is 5.82. The van der Waals surface area contributed by atoms with E-state index in [4.69, 9.17) is 20.7 Å². The molecule has 0 amide bonds. The zero-order valence-electron chi connectivity index (χ0n) is 21.8. The first-order valence-electron chi connectivity index (χ1n) is 12.9. The van der Waals surface area contributed by atoms with Gasteiger partial charge in [-0.25, -0.2) is 0 Å². The molecule has 0 aromatic rings. The van der Waals surface area contributed by atoms with Crippen LogP contribution in [0.5, 0.6) is 0 Å². The van der Waals surface area contributed by atoms with Crippen molar-refractivity contribution in [2.45, 2.75) is 115 Å². The van der Waals surface area contributed by atoms with E-state index in [2.05, 4.69) is 0 Å². The van der Waals surface area contributed by atoms with E-state index in [0.717, 1.165) is 19.3 Å². The van der Waals surface area contributed by atoms with E-state index < -0.39 is 67.2 Å². The second-order valence-corrected chi connectivity index (χ2v) is 9.98. The number of hydrogen-bond acceptors (Lipinski definition) is 9. The van der Waals surface area contributed by atoms with Crippen LogP contribution >= 0.6 is 0 Å². The number of ether oxygens (including phenoxy) is 1. The molecule has 0 aliphatic carbocycles. The molecule has 8 N–H and O–H groups in total. The van der Waals surface area contributed by atoms with Crippen molar-refractivity contribution in [1.82, 2.24) is 0 Å². The van der Waals surface area contributed by atoms with E-state index in [1.165, 1.54) is 0 Å². The molecule has 0 heterocycles. The monoisotopic (exact) mass is 521 g/mol. The molecule has 212 valence electrons. The van der Waals surface area contributed by atoms with E-state index in [-0.39, 0.29) is 24.8 Å². The molecule has 0 rings (SSSR count). The van der Waals surface area contributed by atoms with Crippen LogP contribution in [0, 0.1) is 17.8 Å². The van der Waals surface area contributed by atoms with Gasteiger partial charge in [0.15, 0.2) is 0 Å². The van der Waals surface area contributed by atoms with E-state index in [1.54, 1.807) is 0 Å². The average molecular weight is 522 g/mol. The summed E-state index contributed by atoms with van der Waals surface area (Å²) in [6, 6.07) is 0. The number of carboxylic acids is 2. The summed E-state index contributed by atoms with van der Waals surface area (Å²) in [5.74, 6) is -5.02. The van der Waals surface area contributed by atoms with Crippen LogP contribution in [-0.2, 0) is 19.1 Å². The first-order chi connectivity index (χ1) is 16.8. The maximum absolute atomic E-state index is 12.3. The second kappa shape index (κ2) is 18.5. The zero-order chi connectivity index (χ0) is 27.8. The number of hydrogen-bond donors (Lipinski definition) is 7. The average Bonchev–Trinajstić information content (AvgIpc) is 2.80. The van der Waals surface area contributed by atoms with Gasteiger partial charge in [-0.1, -0.05) is 46.5 Å². The molecule has 11 nitrogen and oxygen atoms in total. The molecule has 0 aliphatic heterocycles. The van der Waals surface area contributed by atoms with Crippen LogP contribution in [0.25, 0.3) is 0 Å². The van der Waals surface area contributed by atoms with Crippen LogP contribution < -0.4 is 5.73 Å². The lowest BCUT2D eigenvalue weighted by molar-refractivity contribution is -0.164. The molecule has 0 aromatic carbocycles. The highest BCUT2D eigenvalue weighted by Gasteiger charge is 2.32. The third-order valence-electron chi connectivity index (χ3n) is 6.61. The Kier molecular flexibility index (Phi) is 17.5. The predicted molar refractivity (Wildman–Crippen MR) is 132 cm³/mol. The van der Waals surface area contributed by atoms with Gasteiger partial charge in [0.1, 0.15) is 6.10 Å². The number of rotatable bonds is 21. The molecule has 1 unspecified atom stereocenters. The van der Waals surface area contributed by atoms with Crippen LogP contribution in [-0.4, -0.2) is 85.6 Å². The van der Waals surface area contributed by atoms with E-state index in [1.807, 2.05) is 20.8 Å². The fourth-order valence-electron chi connectivity index (χ4n) is 4.08. The van der Waals surface area contributed by atoms with Gasteiger partial charge < -0.3 is 41.1 Å². The number of unbranched alkanes of at least 4 members (excludes halogenated alkanes) is 2. The molecule has 0 aliphatic rings. The Hall–Kier alpha value is -1.79. The molecule has 0 saturated carbocycles. The maximum Gasteiger partial charge on any atom is 0.307 e. The van der Waals surface area contributed by atoms with E-state index in [0.29, 0.717) is 25.7 Å². The Balaban J connectivity index is 4.60. The largest absolute Gasteiger partial charge is 0.481 e. The zero-order valence-corrected chi connectivity index (χ0v) is 21.8. The molecule has 0 radical (unpaired) electrons. The minimum atomic E-state index is -1.39. The summed E-state index contributed by atoms with van der Waals surface area (Å²) in [5.41, 5.74) is 5.31. The lowest BCUT2D eigenvalue weighted by Crippen LogP contribution is -2.38. The van der Waals surface area contributed by atoms with Crippen LogP contribution in [0.1, 0.15) is 85.0 Å². The molecule has 11 heteroatoms.